The van der Waals surface area contributed by atoms with Gasteiger partial charge in [0.25, 0.3) is 0 Å². The second kappa shape index (κ2) is 9.39. The average molecular weight is 486 g/mol. The smallest absolute Gasteiger partial charge is 0.341 e. The number of amides is 1. The summed E-state index contributed by atoms with van der Waals surface area (Å²) in [7, 11) is 1.74. The third-order valence-electron chi connectivity index (χ3n) is 7.57. The van der Waals surface area contributed by atoms with E-state index in [1.54, 1.807) is 18.1 Å². The number of hydrogen-bond donors (Lipinski definition) is 2. The lowest BCUT2D eigenvalue weighted by atomic mass is 9.93. The molecule has 5 rings (SSSR count). The summed E-state index contributed by atoms with van der Waals surface area (Å²) in [5.41, 5.74) is -0.405. The molecule has 8 nitrogen and oxygen atoms in total. The number of likely N-dealkylation sites (N-methyl/N-ethyl adjacent to an activating group) is 1. The van der Waals surface area contributed by atoms with Crippen molar-refractivity contribution in [2.45, 2.75) is 69.9 Å². The van der Waals surface area contributed by atoms with Crippen LogP contribution in [0.25, 0.3) is 0 Å². The summed E-state index contributed by atoms with van der Waals surface area (Å²) in [5, 5.41) is 11.8. The van der Waals surface area contributed by atoms with Crippen LogP contribution in [0.3, 0.4) is 0 Å². The van der Waals surface area contributed by atoms with Gasteiger partial charge in [-0.15, -0.1) is 0 Å². The summed E-state index contributed by atoms with van der Waals surface area (Å²) >= 11 is 0. The van der Waals surface area contributed by atoms with Crippen LogP contribution < -0.4 is 15.1 Å². The van der Waals surface area contributed by atoms with Gasteiger partial charge in [0.15, 0.2) is 5.82 Å². The highest BCUT2D eigenvalue weighted by atomic mass is 19.1. The molecule has 1 aliphatic heterocycles. The zero-order valence-electron chi connectivity index (χ0n) is 19.6. The summed E-state index contributed by atoms with van der Waals surface area (Å²) in [6.45, 7) is 0. The molecule has 0 spiro atoms. The summed E-state index contributed by atoms with van der Waals surface area (Å²) in [6, 6.07) is 1.71. The molecule has 1 unspecified atom stereocenters. The molecule has 10 heteroatoms. The van der Waals surface area contributed by atoms with Crippen LogP contribution >= 0.6 is 0 Å². The second-order valence-electron chi connectivity index (χ2n) is 9.79. The predicted molar refractivity (Wildman–Crippen MR) is 127 cm³/mol. The van der Waals surface area contributed by atoms with Gasteiger partial charge in [0.2, 0.25) is 11.9 Å². The molecule has 0 saturated heterocycles. The zero-order chi connectivity index (χ0) is 24.7. The number of carbonyl (C=O) groups is 2. The van der Waals surface area contributed by atoms with Crippen molar-refractivity contribution in [1.29, 1.82) is 0 Å². The number of fused-ring (bicyclic) bond motifs is 1. The molecule has 3 aliphatic rings. The SMILES string of the molecule is CN1C(=O)C(CC2CCCC2)N(C2CCCC2)c2nc(Nc3cc(F)c(C(=O)O)c(F)c3)ncc21. The van der Waals surface area contributed by atoms with Gasteiger partial charge in [0.1, 0.15) is 28.9 Å². The van der Waals surface area contributed by atoms with E-state index >= 15 is 0 Å². The maximum absolute atomic E-state index is 14.2. The summed E-state index contributed by atoms with van der Waals surface area (Å²) in [4.78, 5) is 37.3. The van der Waals surface area contributed by atoms with Crippen LogP contribution in [0.2, 0.25) is 0 Å². The molecule has 2 aliphatic carbocycles. The minimum Gasteiger partial charge on any atom is -0.477 e. The van der Waals surface area contributed by atoms with Crippen molar-refractivity contribution in [3.05, 3.63) is 35.5 Å². The van der Waals surface area contributed by atoms with Gasteiger partial charge in [-0.1, -0.05) is 38.5 Å². The van der Waals surface area contributed by atoms with Gasteiger partial charge in [0.05, 0.1) is 6.20 Å². The standard InChI is InChI=1S/C25H29F2N5O3/c1-31-20-13-28-25(29-15-11-17(26)21(24(34)35)18(27)12-15)30-22(20)32(16-8-4-5-9-16)19(23(31)33)10-14-6-2-3-7-14/h11-14,16,19H,2-10H2,1H3,(H,34,35)(H,28,29,30). The van der Waals surface area contributed by atoms with E-state index in [0.29, 0.717) is 17.4 Å². The minimum atomic E-state index is -1.68. The highest BCUT2D eigenvalue weighted by Gasteiger charge is 2.43. The van der Waals surface area contributed by atoms with Crippen LogP contribution in [-0.2, 0) is 4.79 Å². The molecule has 1 atom stereocenters. The van der Waals surface area contributed by atoms with Gasteiger partial charge < -0.3 is 20.2 Å². The van der Waals surface area contributed by atoms with E-state index in [9.17, 15) is 18.4 Å². The lowest BCUT2D eigenvalue weighted by molar-refractivity contribution is -0.120. The van der Waals surface area contributed by atoms with Crippen LogP contribution in [0.15, 0.2) is 18.3 Å². The zero-order valence-corrected chi connectivity index (χ0v) is 19.6. The molecule has 1 aromatic carbocycles. The largest absolute Gasteiger partial charge is 0.477 e. The number of benzene rings is 1. The molecule has 1 amide bonds. The van der Waals surface area contributed by atoms with Crippen LogP contribution in [0.5, 0.6) is 0 Å². The van der Waals surface area contributed by atoms with Crippen LogP contribution in [0.4, 0.5) is 31.9 Å². The predicted octanol–water partition coefficient (Wildman–Crippen LogP) is 4.87. The molecule has 2 heterocycles. The normalized spacial score (nSPS) is 21.0. The molecule has 0 bridgehead atoms. The summed E-state index contributed by atoms with van der Waals surface area (Å²) < 4.78 is 28.4. The number of aromatic nitrogens is 2. The van der Waals surface area contributed by atoms with E-state index in [1.807, 2.05) is 0 Å². The Hall–Kier alpha value is -3.30. The van der Waals surface area contributed by atoms with Crippen LogP contribution in [0, 0.1) is 17.6 Å². The fourth-order valence-electron chi connectivity index (χ4n) is 5.83. The Kier molecular flexibility index (Phi) is 6.29. The fraction of sp³-hybridized carbons (Fsp3) is 0.520. The van der Waals surface area contributed by atoms with Crippen molar-refractivity contribution in [2.24, 2.45) is 5.92 Å². The van der Waals surface area contributed by atoms with E-state index in [2.05, 4.69) is 15.2 Å². The van der Waals surface area contributed by atoms with Gasteiger partial charge in [0, 0.05) is 18.8 Å². The number of nitrogens with one attached hydrogen (secondary N) is 1. The Morgan fingerprint density at radius 1 is 1.11 bits per heavy atom. The van der Waals surface area contributed by atoms with Crippen molar-refractivity contribution in [3.63, 3.8) is 0 Å². The molecule has 2 fully saturated rings. The molecule has 2 N–H and O–H groups in total. The van der Waals surface area contributed by atoms with Gasteiger partial charge in [-0.2, -0.15) is 4.98 Å². The van der Waals surface area contributed by atoms with E-state index < -0.39 is 23.2 Å². The lowest BCUT2D eigenvalue weighted by Gasteiger charge is -2.44. The van der Waals surface area contributed by atoms with E-state index in [4.69, 9.17) is 10.1 Å². The number of carbonyl (C=O) groups excluding carboxylic acids is 1. The molecule has 186 valence electrons. The Morgan fingerprint density at radius 3 is 2.37 bits per heavy atom. The van der Waals surface area contributed by atoms with Gasteiger partial charge in [-0.25, -0.2) is 18.6 Å². The van der Waals surface area contributed by atoms with Crippen LogP contribution in [0.1, 0.15) is 68.1 Å². The number of carboxylic acids is 1. The molecule has 2 aromatic rings. The Morgan fingerprint density at radius 2 is 1.74 bits per heavy atom. The molecule has 35 heavy (non-hydrogen) atoms. The van der Waals surface area contributed by atoms with Crippen molar-refractivity contribution >= 4 is 35.0 Å². The van der Waals surface area contributed by atoms with Crippen molar-refractivity contribution in [1.82, 2.24) is 9.97 Å². The molecule has 2 saturated carbocycles. The number of nitrogens with zero attached hydrogens (tertiary/aromatic N) is 4. The van der Waals surface area contributed by atoms with Crippen molar-refractivity contribution < 1.29 is 23.5 Å². The van der Waals surface area contributed by atoms with E-state index in [0.717, 1.165) is 57.1 Å². The summed E-state index contributed by atoms with van der Waals surface area (Å²) in [5.74, 6) is -2.72. The highest BCUT2D eigenvalue weighted by Crippen LogP contribution is 2.42. The first-order chi connectivity index (χ1) is 16.8. The third-order valence-corrected chi connectivity index (χ3v) is 7.57. The van der Waals surface area contributed by atoms with Gasteiger partial charge in [-0.05, 0) is 37.3 Å². The number of hydrogen-bond acceptors (Lipinski definition) is 6. The summed E-state index contributed by atoms with van der Waals surface area (Å²) in [6.07, 6.45) is 11.2. The first-order valence-corrected chi connectivity index (χ1v) is 12.3. The third kappa shape index (κ3) is 4.41. The van der Waals surface area contributed by atoms with Crippen molar-refractivity contribution in [3.8, 4) is 0 Å². The van der Waals surface area contributed by atoms with Gasteiger partial charge in [-0.3, -0.25) is 4.79 Å². The first kappa shape index (κ1) is 23.4. The van der Waals surface area contributed by atoms with E-state index in [-0.39, 0.29) is 29.6 Å². The number of anilines is 4. The topological polar surface area (TPSA) is 98.7 Å². The Balaban J connectivity index is 1.50. The average Bonchev–Trinajstić information content (AvgIpc) is 3.51. The van der Waals surface area contributed by atoms with Gasteiger partial charge >= 0.3 is 5.97 Å². The minimum absolute atomic E-state index is 0.000104. The maximum Gasteiger partial charge on any atom is 0.341 e. The number of carboxylic acid groups (broad SMARTS) is 1. The number of aromatic carboxylic acids is 1. The lowest BCUT2D eigenvalue weighted by Crippen LogP contribution is -2.56. The maximum atomic E-state index is 14.2. The number of halogens is 2. The Labute approximate surface area is 202 Å². The monoisotopic (exact) mass is 485 g/mol. The first-order valence-electron chi connectivity index (χ1n) is 12.3. The molecular formula is C25H29F2N5O3. The van der Waals surface area contributed by atoms with Crippen LogP contribution in [-0.4, -0.2) is 46.1 Å². The fourth-order valence-corrected chi connectivity index (χ4v) is 5.83. The second-order valence-corrected chi connectivity index (χ2v) is 9.79. The van der Waals surface area contributed by atoms with Crippen molar-refractivity contribution in [2.75, 3.05) is 22.2 Å². The number of rotatable bonds is 6. The quantitative estimate of drug-likeness (QED) is 0.602. The molecule has 0 radical (unpaired) electrons. The van der Waals surface area contributed by atoms with E-state index in [1.165, 1.54) is 12.8 Å². The highest BCUT2D eigenvalue weighted by molar-refractivity contribution is 6.04. The Bertz CT molecular complexity index is 1120. The molecule has 1 aromatic heterocycles. The molecular weight excluding hydrogens is 456 g/mol.